The second kappa shape index (κ2) is 65.9. The van der Waals surface area contributed by atoms with Crippen molar-refractivity contribution in [2.45, 2.75) is 394 Å². The molecule has 106 heavy (non-hydrogen) atoms. The molecule has 0 aliphatic carbocycles. The lowest BCUT2D eigenvalue weighted by atomic mass is 9.96. The molecule has 3 aliphatic rings. The summed E-state index contributed by atoms with van der Waals surface area (Å²) in [7, 11) is 0. The zero-order valence-corrected chi connectivity index (χ0v) is 65.4. The number of carbonyl (C=O) groups is 1. The minimum atomic E-state index is -1.99. The lowest BCUT2D eigenvalue weighted by Crippen LogP contribution is -2.66. The van der Waals surface area contributed by atoms with Crippen LogP contribution in [0, 0.1) is 0 Å². The Labute approximate surface area is 639 Å². The summed E-state index contributed by atoms with van der Waals surface area (Å²) in [5, 5.41) is 121. The zero-order chi connectivity index (χ0) is 76.7. The maximum Gasteiger partial charge on any atom is 0.220 e. The third-order valence-electron chi connectivity index (χ3n) is 20.0. The fraction of sp³-hybridized carbons (Fsp3) is 0.759. The lowest BCUT2D eigenvalue weighted by Gasteiger charge is -2.48. The van der Waals surface area contributed by atoms with Gasteiger partial charge in [0.15, 0.2) is 18.9 Å². The number of allylic oxidation sites excluding steroid dienone is 19. The molecule has 3 rings (SSSR count). The monoisotopic (exact) mass is 1500 g/mol. The molecule has 3 fully saturated rings. The highest BCUT2D eigenvalue weighted by Crippen LogP contribution is 2.33. The first-order valence-electron chi connectivity index (χ1n) is 41.8. The van der Waals surface area contributed by atoms with E-state index in [9.17, 15) is 61.0 Å². The maximum atomic E-state index is 13.5. The van der Waals surface area contributed by atoms with E-state index < -0.39 is 124 Å². The number of hydrogen-bond acceptors (Lipinski definition) is 18. The number of amides is 1. The molecule has 17 unspecified atom stereocenters. The minimum absolute atomic E-state index is 0.229. The summed E-state index contributed by atoms with van der Waals surface area (Å²) in [5.41, 5.74) is 0. The van der Waals surface area contributed by atoms with Gasteiger partial charge in [0.05, 0.1) is 38.6 Å². The number of nitrogens with one attached hydrogen (secondary N) is 1. The SMILES string of the molecule is CC/C=C\C/C=C\C/C=C\C/C=C\C/C=C\C/C=C\C/C=C\C/C=C\CCCCCCCCCCCCCCCCC(=O)NC(COC1OC(CO)C(OC2OC(CO)C(OC3OC(CO)C(O)C(O)C3O)C(O)C2O)C(O)C1O)C(O)/C=C/CC/C=C/CCCCCCCCCCCCCCCCCC. The van der Waals surface area contributed by atoms with Crippen molar-refractivity contribution in [3.8, 4) is 0 Å². The number of carbonyl (C=O) groups excluding carboxylic acids is 1. The smallest absolute Gasteiger partial charge is 0.220 e. The second-order valence-electron chi connectivity index (χ2n) is 29.2. The van der Waals surface area contributed by atoms with E-state index in [2.05, 4.69) is 129 Å². The van der Waals surface area contributed by atoms with Crippen LogP contribution in [0.1, 0.15) is 290 Å². The van der Waals surface area contributed by atoms with Gasteiger partial charge in [-0.25, -0.2) is 0 Å². The summed E-state index contributed by atoms with van der Waals surface area (Å²) in [6, 6.07) is -0.998. The van der Waals surface area contributed by atoms with Crippen molar-refractivity contribution >= 4 is 5.91 Å². The van der Waals surface area contributed by atoms with Gasteiger partial charge in [0.2, 0.25) is 5.91 Å². The Bertz CT molecular complexity index is 2390. The summed E-state index contributed by atoms with van der Waals surface area (Å²) < 4.78 is 34.4. The first kappa shape index (κ1) is 96.4. The van der Waals surface area contributed by atoms with E-state index in [1.54, 1.807) is 6.08 Å². The molecular formula is C87H149NO18. The Kier molecular flexibility index (Phi) is 59.9. The van der Waals surface area contributed by atoms with Crippen LogP contribution in [0.5, 0.6) is 0 Å². The van der Waals surface area contributed by atoms with Crippen LogP contribution in [0.3, 0.4) is 0 Å². The van der Waals surface area contributed by atoms with Gasteiger partial charge in [0.25, 0.3) is 0 Å². The van der Waals surface area contributed by atoms with Crippen LogP contribution in [0.25, 0.3) is 0 Å². The molecule has 3 aliphatic heterocycles. The molecule has 17 atom stereocenters. The van der Waals surface area contributed by atoms with Gasteiger partial charge in [-0.2, -0.15) is 0 Å². The van der Waals surface area contributed by atoms with E-state index in [1.807, 2.05) is 6.08 Å². The van der Waals surface area contributed by atoms with Crippen LogP contribution in [0.15, 0.2) is 122 Å². The standard InChI is InChI=1S/C87H149NO18/c1-3-5-7-9-11-13-15-17-19-21-23-25-27-28-29-30-31-32-33-34-35-36-37-38-39-40-41-42-43-45-47-49-51-53-55-57-59-61-63-65-75(93)88-70(71(92)64-62-60-58-56-54-52-50-48-46-44-26-24-22-20-18-16-14-12-10-8-6-4-2)69-101-85-81(99)78(96)83(73(67-90)103-85)106-87-82(100)79(97)84(74(68-91)104-87)105-86-80(98)77(95)76(94)72(66-89)102-86/h5,7,11,13,17,19,23,25,28-29,31-32,34-35,37-38,54,56,62,64,70-74,76-87,89-92,94-100H,3-4,6,8-10,12,14-16,18,20-22,24,26-27,30,33,36,39-53,55,57-61,63,65-69H2,1-2H3,(H,88,93)/b7-5-,13-11-,19-17-,25-23-,29-28-,32-31-,35-34-,38-37-,56-54+,64-62+. The number of aliphatic hydroxyl groups is 11. The Balaban J connectivity index is 1.34. The molecule has 0 bridgehead atoms. The molecule has 19 heteroatoms. The average molecular weight is 1500 g/mol. The number of aliphatic hydroxyl groups excluding tert-OH is 11. The first-order valence-corrected chi connectivity index (χ1v) is 41.8. The van der Waals surface area contributed by atoms with E-state index in [1.165, 1.54) is 154 Å². The molecule has 19 nitrogen and oxygen atoms in total. The quantitative estimate of drug-likeness (QED) is 0.0199. The number of rotatable bonds is 65. The molecule has 0 saturated carbocycles. The van der Waals surface area contributed by atoms with Crippen LogP contribution in [-0.2, 0) is 33.2 Å². The molecular weight excluding hydrogens is 1350 g/mol. The average Bonchev–Trinajstić information content (AvgIpc) is 0.780. The first-order chi connectivity index (χ1) is 51.8. The van der Waals surface area contributed by atoms with E-state index in [0.29, 0.717) is 12.8 Å². The van der Waals surface area contributed by atoms with Crippen LogP contribution in [-0.4, -0.2) is 193 Å². The summed E-state index contributed by atoms with van der Waals surface area (Å²) in [6.07, 6.45) is 66.1. The molecule has 0 aromatic carbocycles. The molecule has 12 N–H and O–H groups in total. The summed E-state index contributed by atoms with van der Waals surface area (Å²) in [4.78, 5) is 13.5. The number of hydrogen-bond donors (Lipinski definition) is 12. The molecule has 610 valence electrons. The summed E-state index contributed by atoms with van der Waals surface area (Å²) in [5.74, 6) is -0.288. The maximum absolute atomic E-state index is 13.5. The highest BCUT2D eigenvalue weighted by atomic mass is 16.8. The topological polar surface area (TPSA) is 307 Å². The van der Waals surface area contributed by atoms with Crippen LogP contribution in [0.2, 0.25) is 0 Å². The second-order valence-corrected chi connectivity index (χ2v) is 29.2. The minimum Gasteiger partial charge on any atom is -0.394 e. The van der Waals surface area contributed by atoms with E-state index >= 15 is 0 Å². The highest BCUT2D eigenvalue weighted by molar-refractivity contribution is 5.76. The largest absolute Gasteiger partial charge is 0.394 e. The predicted molar refractivity (Wildman–Crippen MR) is 424 cm³/mol. The van der Waals surface area contributed by atoms with Gasteiger partial charge in [-0.05, 0) is 96.3 Å². The van der Waals surface area contributed by atoms with Crippen LogP contribution in [0.4, 0.5) is 0 Å². The fourth-order valence-electron chi connectivity index (χ4n) is 13.3. The molecule has 0 radical (unpaired) electrons. The number of ether oxygens (including phenoxy) is 6. The van der Waals surface area contributed by atoms with Crippen LogP contribution < -0.4 is 5.32 Å². The molecule has 0 aromatic rings. The van der Waals surface area contributed by atoms with Crippen LogP contribution >= 0.6 is 0 Å². The highest BCUT2D eigenvalue weighted by Gasteiger charge is 2.54. The molecule has 3 saturated heterocycles. The van der Waals surface area contributed by atoms with Gasteiger partial charge in [-0.15, -0.1) is 0 Å². The van der Waals surface area contributed by atoms with Crippen molar-refractivity contribution in [3.63, 3.8) is 0 Å². The summed E-state index contributed by atoms with van der Waals surface area (Å²) in [6.45, 7) is 1.62. The predicted octanol–water partition coefficient (Wildman–Crippen LogP) is 14.7. The van der Waals surface area contributed by atoms with Gasteiger partial charge in [0.1, 0.15) is 73.2 Å². The summed E-state index contributed by atoms with van der Waals surface area (Å²) >= 11 is 0. The van der Waals surface area contributed by atoms with Gasteiger partial charge in [-0.3, -0.25) is 4.79 Å². The zero-order valence-electron chi connectivity index (χ0n) is 65.4. The molecule has 0 aromatic heterocycles. The van der Waals surface area contributed by atoms with Crippen molar-refractivity contribution in [1.82, 2.24) is 5.32 Å². The van der Waals surface area contributed by atoms with Gasteiger partial charge < -0.3 is 89.9 Å². The van der Waals surface area contributed by atoms with E-state index in [-0.39, 0.29) is 18.9 Å². The molecule has 1 amide bonds. The third-order valence-corrected chi connectivity index (χ3v) is 20.0. The number of unbranched alkanes of at least 4 members (excludes halogenated alkanes) is 31. The molecule has 0 spiro atoms. The Morgan fingerprint density at radius 3 is 1.06 bits per heavy atom. The van der Waals surface area contributed by atoms with E-state index in [0.717, 1.165) is 103 Å². The fourth-order valence-corrected chi connectivity index (χ4v) is 13.3. The Morgan fingerprint density at radius 2 is 0.660 bits per heavy atom. The van der Waals surface area contributed by atoms with Crippen molar-refractivity contribution in [3.05, 3.63) is 122 Å². The lowest BCUT2D eigenvalue weighted by molar-refractivity contribution is -0.379. The van der Waals surface area contributed by atoms with Gasteiger partial charge >= 0.3 is 0 Å². The van der Waals surface area contributed by atoms with Crippen molar-refractivity contribution in [1.29, 1.82) is 0 Å². The van der Waals surface area contributed by atoms with Gasteiger partial charge in [0, 0.05) is 6.42 Å². The van der Waals surface area contributed by atoms with Crippen molar-refractivity contribution in [2.75, 3.05) is 26.4 Å². The molecule has 3 heterocycles. The Hall–Kier alpha value is -3.81. The Morgan fingerprint density at radius 1 is 0.349 bits per heavy atom. The van der Waals surface area contributed by atoms with Crippen molar-refractivity contribution < 1.29 is 89.4 Å². The normalized spacial score (nSPS) is 26.3. The van der Waals surface area contributed by atoms with Gasteiger partial charge in [-0.1, -0.05) is 309 Å². The third kappa shape index (κ3) is 44.9. The van der Waals surface area contributed by atoms with E-state index in [4.69, 9.17) is 28.4 Å². The van der Waals surface area contributed by atoms with Crippen molar-refractivity contribution in [2.24, 2.45) is 0 Å².